The first-order valence-corrected chi connectivity index (χ1v) is 14.2. The van der Waals surface area contributed by atoms with Gasteiger partial charge in [-0.25, -0.2) is 4.90 Å². The van der Waals surface area contributed by atoms with Crippen LogP contribution in [0.3, 0.4) is 0 Å². The van der Waals surface area contributed by atoms with Crippen molar-refractivity contribution in [2.24, 2.45) is 5.92 Å². The highest BCUT2D eigenvalue weighted by Crippen LogP contribution is 2.54. The van der Waals surface area contributed by atoms with Crippen LogP contribution in [0, 0.1) is 5.92 Å². The Kier molecular flexibility index (Phi) is 6.82. The van der Waals surface area contributed by atoms with Gasteiger partial charge in [0.15, 0.2) is 0 Å². The van der Waals surface area contributed by atoms with E-state index in [4.69, 9.17) is 0 Å². The van der Waals surface area contributed by atoms with Crippen molar-refractivity contribution in [1.82, 2.24) is 4.57 Å². The van der Waals surface area contributed by atoms with Crippen LogP contribution in [0.1, 0.15) is 21.9 Å². The van der Waals surface area contributed by atoms with Crippen molar-refractivity contribution >= 4 is 52.2 Å². The van der Waals surface area contributed by atoms with Gasteiger partial charge in [-0.2, -0.15) is 13.2 Å². The number of hydrogen-bond donors (Lipinski definition) is 1. The molecule has 0 bridgehead atoms. The first-order chi connectivity index (χ1) is 19.6. The van der Waals surface area contributed by atoms with Gasteiger partial charge < -0.3 is 5.32 Å². The first kappa shape index (κ1) is 27.0. The number of thioether (sulfide) groups is 1. The number of nitrogens with one attached hydrogen (secondary N) is 1. The van der Waals surface area contributed by atoms with E-state index in [0.717, 1.165) is 46.2 Å². The summed E-state index contributed by atoms with van der Waals surface area (Å²) in [4.78, 5) is 54.5. The second-order valence-corrected chi connectivity index (χ2v) is 11.7. The third-order valence-corrected chi connectivity index (χ3v) is 9.60. The number of benzene rings is 3. The van der Waals surface area contributed by atoms with E-state index in [0.29, 0.717) is 21.2 Å². The molecule has 1 fully saturated rings. The largest absolute Gasteiger partial charge is 0.416 e. The van der Waals surface area contributed by atoms with Crippen LogP contribution >= 0.6 is 23.1 Å². The van der Waals surface area contributed by atoms with Gasteiger partial charge in [0.05, 0.1) is 22.2 Å². The molecule has 4 aromatic rings. The number of halogens is 3. The summed E-state index contributed by atoms with van der Waals surface area (Å²) in [6.07, 6.45) is -4.66. The molecule has 1 aromatic heterocycles. The van der Waals surface area contributed by atoms with E-state index in [1.54, 1.807) is 60.7 Å². The molecule has 3 atom stereocenters. The minimum Gasteiger partial charge on any atom is -0.325 e. The smallest absolute Gasteiger partial charge is 0.325 e. The lowest BCUT2D eigenvalue weighted by Crippen LogP contribution is -2.33. The summed E-state index contributed by atoms with van der Waals surface area (Å²) in [5, 5.41) is 2.13. The van der Waals surface area contributed by atoms with Gasteiger partial charge in [0.2, 0.25) is 17.7 Å². The Balaban J connectivity index is 1.41. The molecule has 0 unspecified atom stereocenters. The highest BCUT2D eigenvalue weighted by atomic mass is 32.2. The predicted molar refractivity (Wildman–Crippen MR) is 149 cm³/mol. The molecule has 6 rings (SSSR count). The number of rotatable bonds is 5. The summed E-state index contributed by atoms with van der Waals surface area (Å²) in [7, 11) is 0. The zero-order valence-corrected chi connectivity index (χ0v) is 22.6. The van der Waals surface area contributed by atoms with E-state index < -0.39 is 51.4 Å². The number of nitrogens with zero attached hydrogens (tertiary/aromatic N) is 2. The second kappa shape index (κ2) is 10.3. The van der Waals surface area contributed by atoms with Gasteiger partial charge in [-0.3, -0.25) is 23.7 Å². The zero-order chi connectivity index (χ0) is 28.9. The molecule has 1 N–H and O–H groups in total. The van der Waals surface area contributed by atoms with Crippen molar-refractivity contribution in [2.75, 3.05) is 10.2 Å². The normalized spacial score (nSPS) is 20.1. The fraction of sp³-hybridized carbons (Fsp3) is 0.172. The Morgan fingerprint density at radius 1 is 0.878 bits per heavy atom. The molecule has 2 aliphatic rings. The maximum absolute atomic E-state index is 13.8. The molecule has 12 heteroatoms. The average Bonchev–Trinajstić information content (AvgIpc) is 3.39. The van der Waals surface area contributed by atoms with Gasteiger partial charge >= 0.3 is 11.0 Å². The summed E-state index contributed by atoms with van der Waals surface area (Å²) >= 11 is 1.90. The standard InChI is InChI=1S/C29H20F3N3O4S2/c30-29(31,32)17-10-7-13-19(14-17)35-25(37)22-21(16-8-3-1-4-9-16)24-27(40-23(22)26(35)38)34(28(39)41-24)15-20(36)33-18-11-5-2-6-12-18/h1-14,21-23H,15H2,(H,33,36)/t21-,22+,23-/m0/s1. The van der Waals surface area contributed by atoms with Gasteiger partial charge in [-0.05, 0) is 35.9 Å². The number of carbonyl (C=O) groups excluding carboxylic acids is 3. The molecule has 2 aliphatic heterocycles. The van der Waals surface area contributed by atoms with Gasteiger partial charge in [0, 0.05) is 16.5 Å². The highest BCUT2D eigenvalue weighted by Gasteiger charge is 2.57. The van der Waals surface area contributed by atoms with Crippen LogP contribution in [-0.4, -0.2) is 27.5 Å². The van der Waals surface area contributed by atoms with E-state index in [1.807, 2.05) is 0 Å². The van der Waals surface area contributed by atoms with Crippen LogP contribution in [0.5, 0.6) is 0 Å². The van der Waals surface area contributed by atoms with E-state index in [-0.39, 0.29) is 12.2 Å². The van der Waals surface area contributed by atoms with Crippen LogP contribution in [-0.2, 0) is 27.1 Å². The third-order valence-electron chi connectivity index (χ3n) is 7.00. The van der Waals surface area contributed by atoms with Gasteiger partial charge in [0.1, 0.15) is 11.8 Å². The van der Waals surface area contributed by atoms with Crippen molar-refractivity contribution in [3.05, 3.63) is 111 Å². The minimum absolute atomic E-state index is 0.167. The molecular formula is C29H20F3N3O4S2. The molecule has 3 heterocycles. The van der Waals surface area contributed by atoms with Crippen molar-refractivity contribution in [3.8, 4) is 0 Å². The summed E-state index contributed by atoms with van der Waals surface area (Å²) in [6.45, 7) is -0.315. The highest BCUT2D eigenvalue weighted by molar-refractivity contribution is 8.00. The van der Waals surface area contributed by atoms with Crippen molar-refractivity contribution in [2.45, 2.75) is 28.9 Å². The van der Waals surface area contributed by atoms with E-state index >= 15 is 0 Å². The maximum Gasteiger partial charge on any atom is 0.416 e. The van der Waals surface area contributed by atoms with Crippen LogP contribution in [0.25, 0.3) is 0 Å². The monoisotopic (exact) mass is 595 g/mol. The molecular weight excluding hydrogens is 575 g/mol. The molecule has 1 saturated heterocycles. The summed E-state index contributed by atoms with van der Waals surface area (Å²) in [5.41, 5.74) is 0.0887. The number of anilines is 2. The number of amides is 3. The number of para-hydroxylation sites is 1. The molecule has 41 heavy (non-hydrogen) atoms. The Labute approximate surface area is 239 Å². The lowest BCUT2D eigenvalue weighted by atomic mass is 9.83. The minimum atomic E-state index is -4.66. The number of thiazole rings is 1. The number of fused-ring (bicyclic) bond motifs is 2. The Morgan fingerprint density at radius 2 is 1.56 bits per heavy atom. The van der Waals surface area contributed by atoms with E-state index in [9.17, 15) is 32.3 Å². The predicted octanol–water partition coefficient (Wildman–Crippen LogP) is 5.36. The van der Waals surface area contributed by atoms with Crippen LogP contribution < -0.4 is 15.1 Å². The fourth-order valence-electron chi connectivity index (χ4n) is 5.22. The van der Waals surface area contributed by atoms with Gasteiger partial charge in [0.25, 0.3) is 0 Å². The van der Waals surface area contributed by atoms with Crippen LogP contribution in [0.15, 0.2) is 94.7 Å². The Hall–Kier alpha value is -4.16. The Morgan fingerprint density at radius 3 is 2.24 bits per heavy atom. The van der Waals surface area contributed by atoms with E-state index in [1.165, 1.54) is 10.6 Å². The van der Waals surface area contributed by atoms with Gasteiger partial charge in [-0.1, -0.05) is 77.7 Å². The molecule has 3 aromatic carbocycles. The molecule has 3 amide bonds. The molecule has 0 spiro atoms. The topological polar surface area (TPSA) is 88.5 Å². The quantitative estimate of drug-likeness (QED) is 0.314. The number of hydrogen-bond acceptors (Lipinski definition) is 6. The molecule has 0 radical (unpaired) electrons. The fourth-order valence-corrected chi connectivity index (χ4v) is 7.99. The first-order valence-electron chi connectivity index (χ1n) is 12.5. The van der Waals surface area contributed by atoms with Crippen molar-refractivity contribution in [1.29, 1.82) is 0 Å². The van der Waals surface area contributed by atoms with Gasteiger partial charge in [-0.15, -0.1) is 0 Å². The molecule has 208 valence electrons. The molecule has 0 aliphatic carbocycles. The average molecular weight is 596 g/mol. The zero-order valence-electron chi connectivity index (χ0n) is 21.0. The van der Waals surface area contributed by atoms with E-state index in [2.05, 4.69) is 5.32 Å². The van der Waals surface area contributed by atoms with Crippen LogP contribution in [0.4, 0.5) is 24.5 Å². The number of alkyl halides is 3. The lowest BCUT2D eigenvalue weighted by Gasteiger charge is -2.30. The number of imide groups is 1. The molecule has 7 nitrogen and oxygen atoms in total. The van der Waals surface area contributed by atoms with Crippen molar-refractivity contribution in [3.63, 3.8) is 0 Å². The third kappa shape index (κ3) is 4.87. The SMILES string of the molecule is O=C(Cn1c2c(sc1=O)[C@@H](c1ccccc1)[C@H]1C(=O)N(c3cccc(C(F)(F)F)c3)C(=O)[C@H]1S2)Nc1ccccc1. The second-order valence-electron chi connectivity index (χ2n) is 9.55. The number of carbonyl (C=O) groups is 3. The molecule has 0 saturated carbocycles. The van der Waals surface area contributed by atoms with Crippen LogP contribution in [0.2, 0.25) is 0 Å². The Bertz CT molecular complexity index is 1720. The lowest BCUT2D eigenvalue weighted by molar-refractivity contribution is -0.137. The summed E-state index contributed by atoms with van der Waals surface area (Å²) in [5.74, 6) is -3.42. The summed E-state index contributed by atoms with van der Waals surface area (Å²) in [6, 6.07) is 21.7. The van der Waals surface area contributed by atoms with Crippen molar-refractivity contribution < 1.29 is 27.6 Å². The number of aromatic nitrogens is 1. The summed E-state index contributed by atoms with van der Waals surface area (Å²) < 4.78 is 41.6. The maximum atomic E-state index is 13.8.